The van der Waals surface area contributed by atoms with Gasteiger partial charge < -0.3 is 0 Å². The Morgan fingerprint density at radius 2 is 1.92 bits per heavy atom. The van der Waals surface area contributed by atoms with Crippen molar-refractivity contribution >= 4 is 29.1 Å². The SMILES string of the molecule is CCCc1ccc2c(c1)CCC(C#Cc1cc(F)c(N=C=S)cc1F)=C2. The van der Waals surface area contributed by atoms with E-state index in [1.165, 1.54) is 11.1 Å². The van der Waals surface area contributed by atoms with Gasteiger partial charge in [-0.05, 0) is 60.3 Å². The van der Waals surface area contributed by atoms with Gasteiger partial charge in [0.1, 0.15) is 11.5 Å². The average molecular weight is 365 g/mol. The monoisotopic (exact) mass is 365 g/mol. The standard InChI is InChI=1S/C22H17F2NS/c1-2-3-15-4-7-18-11-16(5-8-17(18)10-15)6-9-19-12-21(24)22(25-14-26)13-20(19)23/h4,7,10-13H,2-3,5,8H2,1H3. The fourth-order valence-corrected chi connectivity index (χ4v) is 3.10. The number of nitrogens with zero attached hydrogens (tertiary/aromatic N) is 1. The predicted molar refractivity (Wildman–Crippen MR) is 105 cm³/mol. The Morgan fingerprint density at radius 1 is 1.08 bits per heavy atom. The number of halogens is 2. The Hall–Kier alpha value is -2.60. The van der Waals surface area contributed by atoms with Crippen molar-refractivity contribution in [3.63, 3.8) is 0 Å². The molecule has 1 aliphatic rings. The van der Waals surface area contributed by atoms with E-state index in [9.17, 15) is 8.78 Å². The van der Waals surface area contributed by atoms with Crippen LogP contribution in [-0.2, 0) is 12.8 Å². The molecule has 26 heavy (non-hydrogen) atoms. The molecule has 0 N–H and O–H groups in total. The lowest BCUT2D eigenvalue weighted by Gasteiger charge is -2.14. The summed E-state index contributed by atoms with van der Waals surface area (Å²) in [5, 5.41) is 2.03. The molecule has 0 radical (unpaired) electrons. The maximum absolute atomic E-state index is 14.1. The summed E-state index contributed by atoms with van der Waals surface area (Å²) in [5.41, 5.74) is 4.58. The van der Waals surface area contributed by atoms with Gasteiger partial charge in [-0.1, -0.05) is 43.4 Å². The second-order valence-electron chi connectivity index (χ2n) is 6.19. The van der Waals surface area contributed by atoms with Crippen molar-refractivity contribution in [2.75, 3.05) is 0 Å². The van der Waals surface area contributed by atoms with Gasteiger partial charge in [0.15, 0.2) is 5.82 Å². The third-order valence-corrected chi connectivity index (χ3v) is 4.39. The van der Waals surface area contributed by atoms with E-state index in [1.807, 2.05) is 11.2 Å². The fraction of sp³-hybridized carbons (Fsp3) is 0.227. The molecule has 2 aromatic rings. The second-order valence-corrected chi connectivity index (χ2v) is 6.37. The van der Waals surface area contributed by atoms with E-state index in [2.05, 4.69) is 54.2 Å². The van der Waals surface area contributed by atoms with Crippen LogP contribution in [0.3, 0.4) is 0 Å². The number of isothiocyanates is 1. The summed E-state index contributed by atoms with van der Waals surface area (Å²) in [6.45, 7) is 2.17. The smallest absolute Gasteiger partial charge is 0.151 e. The summed E-state index contributed by atoms with van der Waals surface area (Å²) >= 11 is 4.42. The molecule has 0 fully saturated rings. The minimum Gasteiger partial charge on any atom is -0.206 e. The van der Waals surface area contributed by atoms with E-state index >= 15 is 0 Å². The molecule has 0 atom stereocenters. The molecule has 0 aromatic heterocycles. The molecule has 0 spiro atoms. The minimum atomic E-state index is -0.667. The van der Waals surface area contributed by atoms with Gasteiger partial charge in [0, 0.05) is 11.6 Å². The molecule has 2 aromatic carbocycles. The van der Waals surface area contributed by atoms with Crippen molar-refractivity contribution in [3.05, 3.63) is 69.8 Å². The molecule has 0 amide bonds. The first-order valence-corrected chi connectivity index (χ1v) is 8.93. The zero-order valence-corrected chi connectivity index (χ0v) is 15.2. The molecule has 0 saturated heterocycles. The Bertz CT molecular complexity index is 989. The summed E-state index contributed by atoms with van der Waals surface area (Å²) in [6, 6.07) is 8.53. The molecule has 0 saturated carbocycles. The summed E-state index contributed by atoms with van der Waals surface area (Å²) in [7, 11) is 0. The molecule has 1 nitrogen and oxygen atoms in total. The number of hydrogen-bond acceptors (Lipinski definition) is 2. The van der Waals surface area contributed by atoms with Crippen LogP contribution in [0, 0.1) is 23.5 Å². The van der Waals surface area contributed by atoms with Crippen LogP contribution in [0.5, 0.6) is 0 Å². The number of thiocarbonyl (C=S) groups is 1. The van der Waals surface area contributed by atoms with Gasteiger partial charge in [-0.3, -0.25) is 0 Å². The number of aliphatic imine (C=N–C) groups is 1. The van der Waals surface area contributed by atoms with Crippen LogP contribution in [0.25, 0.3) is 6.08 Å². The van der Waals surface area contributed by atoms with Crippen molar-refractivity contribution in [2.45, 2.75) is 32.6 Å². The van der Waals surface area contributed by atoms with E-state index in [-0.39, 0.29) is 11.3 Å². The summed E-state index contributed by atoms with van der Waals surface area (Å²) in [6.07, 6.45) is 5.94. The summed E-state index contributed by atoms with van der Waals surface area (Å²) in [5.74, 6) is 4.42. The highest BCUT2D eigenvalue weighted by atomic mass is 32.1. The van der Waals surface area contributed by atoms with Crippen molar-refractivity contribution in [2.24, 2.45) is 4.99 Å². The highest BCUT2D eigenvalue weighted by molar-refractivity contribution is 7.78. The van der Waals surface area contributed by atoms with E-state index < -0.39 is 11.6 Å². The molecular formula is C22H17F2NS. The molecule has 0 bridgehead atoms. The number of benzene rings is 2. The van der Waals surface area contributed by atoms with Crippen LogP contribution < -0.4 is 0 Å². The van der Waals surface area contributed by atoms with E-state index in [1.54, 1.807) is 0 Å². The third-order valence-electron chi connectivity index (χ3n) is 4.30. The molecule has 0 aliphatic heterocycles. The maximum atomic E-state index is 14.1. The zero-order chi connectivity index (χ0) is 18.5. The lowest BCUT2D eigenvalue weighted by atomic mass is 9.90. The zero-order valence-electron chi connectivity index (χ0n) is 14.4. The van der Waals surface area contributed by atoms with Crippen LogP contribution in [0.1, 0.15) is 42.0 Å². The van der Waals surface area contributed by atoms with Gasteiger partial charge in [0.2, 0.25) is 0 Å². The summed E-state index contributed by atoms with van der Waals surface area (Å²) in [4.78, 5) is 3.49. The first-order chi connectivity index (χ1) is 12.6. The summed E-state index contributed by atoms with van der Waals surface area (Å²) < 4.78 is 27.9. The van der Waals surface area contributed by atoms with Crippen molar-refractivity contribution in [1.29, 1.82) is 0 Å². The van der Waals surface area contributed by atoms with Gasteiger partial charge >= 0.3 is 0 Å². The normalized spacial score (nSPS) is 12.3. The van der Waals surface area contributed by atoms with Gasteiger partial charge in [-0.25, -0.2) is 8.78 Å². The topological polar surface area (TPSA) is 12.4 Å². The van der Waals surface area contributed by atoms with Crippen LogP contribution >= 0.6 is 12.2 Å². The first kappa shape index (κ1) is 18.2. The molecule has 130 valence electrons. The Morgan fingerprint density at radius 3 is 2.69 bits per heavy atom. The van der Waals surface area contributed by atoms with Crippen LogP contribution in [-0.4, -0.2) is 5.16 Å². The van der Waals surface area contributed by atoms with E-state index in [0.717, 1.165) is 49.0 Å². The van der Waals surface area contributed by atoms with Gasteiger partial charge in [-0.2, -0.15) is 4.99 Å². The van der Waals surface area contributed by atoms with Crippen LogP contribution in [0.15, 0.2) is 40.9 Å². The number of fused-ring (bicyclic) bond motifs is 1. The molecule has 0 heterocycles. The van der Waals surface area contributed by atoms with Gasteiger partial charge in [-0.15, -0.1) is 0 Å². The van der Waals surface area contributed by atoms with E-state index in [0.29, 0.717) is 0 Å². The average Bonchev–Trinajstić information content (AvgIpc) is 2.63. The second kappa shape index (κ2) is 8.19. The van der Waals surface area contributed by atoms with E-state index in [4.69, 9.17) is 0 Å². The lowest BCUT2D eigenvalue weighted by Crippen LogP contribution is -2.00. The Balaban J connectivity index is 1.87. The minimum absolute atomic E-state index is 0.0100. The number of hydrogen-bond donors (Lipinski definition) is 0. The molecule has 3 rings (SSSR count). The van der Waals surface area contributed by atoms with Crippen LogP contribution in [0.2, 0.25) is 0 Å². The van der Waals surface area contributed by atoms with Crippen molar-refractivity contribution < 1.29 is 8.78 Å². The molecular weight excluding hydrogens is 348 g/mol. The predicted octanol–water partition coefficient (Wildman–Crippen LogP) is 6.03. The van der Waals surface area contributed by atoms with Gasteiger partial charge in [0.05, 0.1) is 10.7 Å². The first-order valence-electron chi connectivity index (χ1n) is 8.52. The molecule has 4 heteroatoms. The largest absolute Gasteiger partial charge is 0.206 e. The highest BCUT2D eigenvalue weighted by Gasteiger charge is 2.11. The number of rotatable bonds is 3. The Labute approximate surface area is 157 Å². The quantitative estimate of drug-likeness (QED) is 0.367. The Kier molecular flexibility index (Phi) is 5.73. The number of aryl methyl sites for hydroxylation is 2. The molecule has 0 unspecified atom stereocenters. The van der Waals surface area contributed by atoms with Gasteiger partial charge in [0.25, 0.3) is 0 Å². The van der Waals surface area contributed by atoms with Crippen molar-refractivity contribution in [3.8, 4) is 11.8 Å². The third kappa shape index (κ3) is 4.14. The number of allylic oxidation sites excluding steroid dienone is 1. The van der Waals surface area contributed by atoms with Crippen molar-refractivity contribution in [1.82, 2.24) is 0 Å². The molecule has 1 aliphatic carbocycles. The maximum Gasteiger partial charge on any atom is 0.151 e. The highest BCUT2D eigenvalue weighted by Crippen LogP contribution is 2.26. The van der Waals surface area contributed by atoms with Crippen LogP contribution in [0.4, 0.5) is 14.5 Å². The lowest BCUT2D eigenvalue weighted by molar-refractivity contribution is 0.599. The fourth-order valence-electron chi connectivity index (χ4n) is 3.00.